The van der Waals surface area contributed by atoms with Crippen molar-refractivity contribution in [3.05, 3.63) is 66.2 Å². The topological polar surface area (TPSA) is 89.9 Å². The predicted octanol–water partition coefficient (Wildman–Crippen LogP) is 2.45. The normalized spacial score (nSPS) is 17.2. The third-order valence-corrected chi connectivity index (χ3v) is 5.32. The van der Waals surface area contributed by atoms with Crippen LogP contribution in [0.2, 0.25) is 0 Å². The Hall–Kier alpha value is -3.06. The minimum absolute atomic E-state index is 0.0453. The Morgan fingerprint density at radius 3 is 2.55 bits per heavy atom. The van der Waals surface area contributed by atoms with Crippen LogP contribution in [0.3, 0.4) is 0 Å². The number of fused-ring (bicyclic) bond motifs is 1. The van der Waals surface area contributed by atoms with Gasteiger partial charge in [0, 0.05) is 24.5 Å². The van der Waals surface area contributed by atoms with E-state index in [9.17, 15) is 4.79 Å². The number of nitrogens with zero attached hydrogens (tertiary/aromatic N) is 5. The van der Waals surface area contributed by atoms with Gasteiger partial charge in [0.1, 0.15) is 0 Å². The molecular weight excluding hydrogens is 364 g/mol. The van der Waals surface area contributed by atoms with Crippen LogP contribution in [0.25, 0.3) is 11.4 Å². The number of amides is 1. The van der Waals surface area contributed by atoms with Crippen LogP contribution in [0, 0.1) is 5.92 Å². The molecule has 7 heteroatoms. The third-order valence-electron chi connectivity index (χ3n) is 5.32. The van der Waals surface area contributed by atoms with Gasteiger partial charge in [-0.3, -0.25) is 9.78 Å². The van der Waals surface area contributed by atoms with Gasteiger partial charge in [-0.2, -0.15) is 5.10 Å². The van der Waals surface area contributed by atoms with Crippen molar-refractivity contribution >= 4 is 5.91 Å². The van der Waals surface area contributed by atoms with Gasteiger partial charge in [-0.15, -0.1) is 0 Å². The van der Waals surface area contributed by atoms with Gasteiger partial charge in [-0.05, 0) is 30.0 Å². The first-order valence-corrected chi connectivity index (χ1v) is 9.99. The number of hydrogen-bond acceptors (Lipinski definition) is 5. The molecule has 1 aliphatic heterocycles. The molecule has 2 N–H and O–H groups in total. The van der Waals surface area contributed by atoms with Gasteiger partial charge in [0.05, 0.1) is 18.6 Å². The van der Waals surface area contributed by atoms with E-state index in [0.717, 1.165) is 17.0 Å². The summed E-state index contributed by atoms with van der Waals surface area (Å²) in [6, 6.07) is 13.0. The molecule has 3 heterocycles. The van der Waals surface area contributed by atoms with Gasteiger partial charge in [0.15, 0.2) is 11.6 Å². The highest BCUT2D eigenvalue weighted by Gasteiger charge is 2.37. The smallest absolute Gasteiger partial charge is 0.240 e. The van der Waals surface area contributed by atoms with E-state index in [-0.39, 0.29) is 17.9 Å². The summed E-state index contributed by atoms with van der Waals surface area (Å²) < 4.78 is 1.94. The van der Waals surface area contributed by atoms with E-state index >= 15 is 0 Å². The monoisotopic (exact) mass is 390 g/mol. The molecule has 0 saturated carbocycles. The van der Waals surface area contributed by atoms with Crippen LogP contribution in [-0.4, -0.2) is 43.1 Å². The van der Waals surface area contributed by atoms with Crippen molar-refractivity contribution < 1.29 is 4.79 Å². The van der Waals surface area contributed by atoms with Crippen molar-refractivity contribution in [2.24, 2.45) is 11.7 Å². The van der Waals surface area contributed by atoms with Crippen molar-refractivity contribution in [1.29, 1.82) is 0 Å². The van der Waals surface area contributed by atoms with Crippen LogP contribution in [0.15, 0.2) is 54.9 Å². The van der Waals surface area contributed by atoms with Crippen molar-refractivity contribution in [2.45, 2.75) is 38.9 Å². The van der Waals surface area contributed by atoms with E-state index in [2.05, 4.69) is 23.9 Å². The number of aromatic nitrogens is 4. The molecule has 0 radical (unpaired) electrons. The number of carbonyl (C=O) groups excluding carboxylic acids is 1. The number of rotatable bonds is 5. The molecule has 0 bridgehead atoms. The van der Waals surface area contributed by atoms with Crippen molar-refractivity contribution in [1.82, 2.24) is 24.6 Å². The van der Waals surface area contributed by atoms with Gasteiger partial charge in [-0.25, -0.2) is 9.67 Å². The minimum atomic E-state index is -0.596. The summed E-state index contributed by atoms with van der Waals surface area (Å²) in [7, 11) is 0. The zero-order chi connectivity index (χ0) is 20.4. The first-order chi connectivity index (χ1) is 14.0. The van der Waals surface area contributed by atoms with E-state index in [1.807, 2.05) is 52.0 Å². The molecule has 1 aliphatic rings. The summed E-state index contributed by atoms with van der Waals surface area (Å²) in [5.41, 5.74) is 8.29. The van der Waals surface area contributed by atoms with Crippen molar-refractivity contribution in [3.63, 3.8) is 0 Å². The minimum Gasteiger partial charge on any atom is -0.329 e. The van der Waals surface area contributed by atoms with Gasteiger partial charge in [0.2, 0.25) is 5.91 Å². The average molecular weight is 390 g/mol. The fraction of sp³-hybridized carbons (Fsp3) is 0.364. The lowest BCUT2D eigenvalue weighted by molar-refractivity contribution is -0.137. The lowest BCUT2D eigenvalue weighted by atomic mass is 9.97. The number of hydrogen-bond donors (Lipinski definition) is 1. The highest BCUT2D eigenvalue weighted by atomic mass is 16.2. The summed E-state index contributed by atoms with van der Waals surface area (Å²) in [6.07, 6.45) is 3.93. The fourth-order valence-corrected chi connectivity index (χ4v) is 3.91. The fourth-order valence-electron chi connectivity index (χ4n) is 3.91. The average Bonchev–Trinajstić information content (AvgIpc) is 3.18. The highest BCUT2D eigenvalue weighted by Crippen LogP contribution is 2.32. The molecule has 0 unspecified atom stereocenters. The van der Waals surface area contributed by atoms with Gasteiger partial charge >= 0.3 is 0 Å². The van der Waals surface area contributed by atoms with E-state index in [1.54, 1.807) is 12.4 Å². The van der Waals surface area contributed by atoms with Gasteiger partial charge < -0.3 is 10.6 Å². The predicted molar refractivity (Wildman–Crippen MR) is 111 cm³/mol. The molecule has 0 fully saturated rings. The molecule has 0 spiro atoms. The third kappa shape index (κ3) is 3.91. The molecule has 0 saturated heterocycles. The van der Waals surface area contributed by atoms with Crippen LogP contribution in [-0.2, 0) is 17.8 Å². The molecule has 1 amide bonds. The highest BCUT2D eigenvalue weighted by molar-refractivity contribution is 5.82. The number of carbonyl (C=O) groups is 1. The SMILES string of the molecule is CC(C)[C@H]1c2nc(-c3ccccc3)nn2CCN1C(=O)[C@@H](N)Cc1ccncc1. The van der Waals surface area contributed by atoms with Crippen LogP contribution in [0.4, 0.5) is 0 Å². The lowest BCUT2D eigenvalue weighted by Gasteiger charge is -2.38. The van der Waals surface area contributed by atoms with Crippen LogP contribution in [0.1, 0.15) is 31.3 Å². The summed E-state index contributed by atoms with van der Waals surface area (Å²) >= 11 is 0. The molecule has 3 aromatic rings. The number of benzene rings is 1. The van der Waals surface area contributed by atoms with Crippen LogP contribution in [0.5, 0.6) is 0 Å². The maximum Gasteiger partial charge on any atom is 0.240 e. The van der Waals surface area contributed by atoms with Crippen molar-refractivity contribution in [3.8, 4) is 11.4 Å². The first-order valence-electron chi connectivity index (χ1n) is 9.99. The molecule has 2 atom stereocenters. The zero-order valence-electron chi connectivity index (χ0n) is 16.8. The van der Waals surface area contributed by atoms with E-state index in [4.69, 9.17) is 10.7 Å². The summed E-state index contributed by atoms with van der Waals surface area (Å²) in [5, 5.41) is 4.69. The van der Waals surface area contributed by atoms with Crippen molar-refractivity contribution in [2.75, 3.05) is 6.54 Å². The Morgan fingerprint density at radius 1 is 1.14 bits per heavy atom. The Morgan fingerprint density at radius 2 is 1.86 bits per heavy atom. The molecule has 0 aliphatic carbocycles. The molecule has 4 rings (SSSR count). The molecule has 1 aromatic carbocycles. The number of nitrogens with two attached hydrogens (primary N) is 1. The zero-order valence-corrected chi connectivity index (χ0v) is 16.8. The standard InChI is InChI=1S/C22H26N6O/c1-15(2)19-21-25-20(17-6-4-3-5-7-17)26-28(21)13-12-27(19)22(29)18(23)14-16-8-10-24-11-9-16/h3-11,15,18-19H,12-14,23H2,1-2H3/t18-,19-/m0/s1. The Kier molecular flexibility index (Phi) is 5.40. The van der Waals surface area contributed by atoms with Gasteiger partial charge in [-0.1, -0.05) is 44.2 Å². The summed E-state index contributed by atoms with van der Waals surface area (Å²) in [5.74, 6) is 1.67. The second-order valence-corrected chi connectivity index (χ2v) is 7.77. The summed E-state index contributed by atoms with van der Waals surface area (Å²) in [6.45, 7) is 5.40. The van der Waals surface area contributed by atoms with E-state index in [1.165, 1.54) is 0 Å². The first kappa shape index (κ1) is 19.3. The largest absolute Gasteiger partial charge is 0.329 e. The molecule has 150 valence electrons. The maximum atomic E-state index is 13.2. The maximum absolute atomic E-state index is 13.2. The Balaban J connectivity index is 1.59. The molecule has 29 heavy (non-hydrogen) atoms. The number of pyridine rings is 1. The summed E-state index contributed by atoms with van der Waals surface area (Å²) in [4.78, 5) is 23.9. The van der Waals surface area contributed by atoms with Crippen LogP contribution < -0.4 is 5.73 Å². The lowest BCUT2D eigenvalue weighted by Crippen LogP contribution is -2.51. The van der Waals surface area contributed by atoms with Gasteiger partial charge in [0.25, 0.3) is 0 Å². The second-order valence-electron chi connectivity index (χ2n) is 7.77. The molecular formula is C22H26N6O. The van der Waals surface area contributed by atoms with E-state index in [0.29, 0.717) is 25.3 Å². The van der Waals surface area contributed by atoms with E-state index < -0.39 is 6.04 Å². The van der Waals surface area contributed by atoms with Crippen LogP contribution >= 0.6 is 0 Å². The Labute approximate surface area is 170 Å². The molecule has 7 nitrogen and oxygen atoms in total. The Bertz CT molecular complexity index is 969. The second kappa shape index (κ2) is 8.13. The molecule has 2 aromatic heterocycles. The quantitative estimate of drug-likeness (QED) is 0.723.